The molecule has 4 heteroatoms. The Morgan fingerprint density at radius 2 is 2.05 bits per heavy atom. The molecule has 0 aliphatic heterocycles. The Kier molecular flexibility index (Phi) is 5.34. The Morgan fingerprint density at radius 3 is 2.62 bits per heavy atom. The van der Waals surface area contributed by atoms with Crippen LogP contribution in [0.5, 0.6) is 0 Å². The number of hydrogen-bond acceptors (Lipinski definition) is 3. The van der Waals surface area contributed by atoms with Crippen molar-refractivity contribution in [2.24, 2.45) is 0 Å². The molecule has 0 unspecified atom stereocenters. The molecule has 1 aromatic carbocycles. The van der Waals surface area contributed by atoms with Gasteiger partial charge in [0, 0.05) is 10.0 Å². The average molecular weight is 361 g/mol. The van der Waals surface area contributed by atoms with Gasteiger partial charge in [-0.3, -0.25) is 0 Å². The molecule has 2 rings (SSSR count). The van der Waals surface area contributed by atoms with Gasteiger partial charge in [-0.1, -0.05) is 34.6 Å². The van der Waals surface area contributed by atoms with E-state index in [2.05, 4.69) is 28.2 Å². The molecule has 2 nitrogen and oxygen atoms in total. The molecule has 0 atom stereocenters. The second-order valence-corrected chi connectivity index (χ2v) is 5.89. The van der Waals surface area contributed by atoms with Crippen LogP contribution >= 0.6 is 27.3 Å². The molecule has 21 heavy (non-hydrogen) atoms. The predicted octanol–water partition coefficient (Wildman–Crippen LogP) is 4.94. The van der Waals surface area contributed by atoms with Crippen molar-refractivity contribution >= 4 is 44.9 Å². The molecule has 0 aliphatic carbocycles. The number of hydrogen-bond donors (Lipinski definition) is 0. The van der Waals surface area contributed by atoms with E-state index in [1.165, 1.54) is 7.11 Å². The Morgan fingerprint density at radius 1 is 1.33 bits per heavy atom. The molecule has 0 saturated carbocycles. The quantitative estimate of drug-likeness (QED) is 0.334. The van der Waals surface area contributed by atoms with E-state index >= 15 is 0 Å². The minimum atomic E-state index is -0.459. The number of ether oxygens (including phenoxy) is 1. The highest BCUT2D eigenvalue weighted by Crippen LogP contribution is 2.24. The van der Waals surface area contributed by atoms with E-state index in [1.54, 1.807) is 11.3 Å². The molecule has 1 heterocycles. The summed E-state index contributed by atoms with van der Waals surface area (Å²) in [6.07, 6.45) is 1.84. The van der Waals surface area contributed by atoms with E-state index in [0.717, 1.165) is 15.6 Å². The van der Waals surface area contributed by atoms with E-state index in [0.29, 0.717) is 5.57 Å². The maximum Gasteiger partial charge on any atom is 0.338 e. The summed E-state index contributed by atoms with van der Waals surface area (Å²) in [7, 11) is 1.34. The van der Waals surface area contributed by atoms with Crippen molar-refractivity contribution in [1.82, 2.24) is 0 Å². The molecule has 0 saturated heterocycles. The summed E-state index contributed by atoms with van der Waals surface area (Å²) < 4.78 is 5.72. The van der Waals surface area contributed by atoms with E-state index in [1.807, 2.05) is 47.2 Å². The fourth-order valence-electron chi connectivity index (χ4n) is 1.70. The first-order valence-electron chi connectivity index (χ1n) is 6.14. The van der Waals surface area contributed by atoms with Crippen LogP contribution in [-0.2, 0) is 9.53 Å². The molecular formula is C17H13BrO2S. The molecule has 0 amide bonds. The van der Waals surface area contributed by atoms with Crippen LogP contribution in [-0.4, -0.2) is 13.1 Å². The van der Waals surface area contributed by atoms with Gasteiger partial charge in [-0.15, -0.1) is 5.73 Å². The van der Waals surface area contributed by atoms with Gasteiger partial charge in [-0.05, 0) is 46.2 Å². The average Bonchev–Trinajstić information content (AvgIpc) is 3.01. The van der Waals surface area contributed by atoms with Crippen LogP contribution in [0.4, 0.5) is 0 Å². The Hall–Kier alpha value is -1.87. The molecule has 0 bridgehead atoms. The standard InChI is InChI=1S/C17H13BrO2S/c1-12(17(19)20-2)16(8-3-13-9-10-21-11-13)14-4-6-15(18)7-5-14/h3-7,9-11H,1H2,2H3. The van der Waals surface area contributed by atoms with E-state index in [9.17, 15) is 4.79 Å². The van der Waals surface area contributed by atoms with Crippen LogP contribution in [0.3, 0.4) is 0 Å². The predicted molar refractivity (Wildman–Crippen MR) is 91.0 cm³/mol. The smallest absolute Gasteiger partial charge is 0.338 e. The molecule has 2 aromatic rings. The van der Waals surface area contributed by atoms with Crippen molar-refractivity contribution in [3.8, 4) is 0 Å². The second kappa shape index (κ2) is 7.23. The molecule has 0 fully saturated rings. The van der Waals surface area contributed by atoms with Gasteiger partial charge in [0.05, 0.1) is 12.7 Å². The van der Waals surface area contributed by atoms with Crippen LogP contribution in [0.1, 0.15) is 11.1 Å². The van der Waals surface area contributed by atoms with Crippen LogP contribution in [0.15, 0.2) is 63.4 Å². The maximum atomic E-state index is 11.8. The van der Waals surface area contributed by atoms with Crippen molar-refractivity contribution in [1.29, 1.82) is 0 Å². The summed E-state index contributed by atoms with van der Waals surface area (Å²) in [5.41, 5.74) is 5.96. The first-order valence-corrected chi connectivity index (χ1v) is 7.88. The highest BCUT2D eigenvalue weighted by atomic mass is 79.9. The number of carbonyl (C=O) groups excluding carboxylic acids is 1. The number of rotatable bonds is 4. The number of halogens is 1. The first-order chi connectivity index (χ1) is 10.1. The van der Waals surface area contributed by atoms with Crippen molar-refractivity contribution in [2.75, 3.05) is 7.11 Å². The zero-order valence-corrected chi connectivity index (χ0v) is 13.8. The zero-order valence-electron chi connectivity index (χ0n) is 11.4. The Balaban J connectivity index is 2.49. The molecule has 0 aliphatic rings. The van der Waals surface area contributed by atoms with Crippen LogP contribution in [0, 0.1) is 0 Å². The van der Waals surface area contributed by atoms with Gasteiger partial charge in [-0.25, -0.2) is 4.79 Å². The lowest BCUT2D eigenvalue weighted by Gasteiger charge is -2.07. The molecule has 106 valence electrons. The number of esters is 1. The van der Waals surface area contributed by atoms with E-state index in [-0.39, 0.29) is 5.57 Å². The van der Waals surface area contributed by atoms with Gasteiger partial charge in [0.15, 0.2) is 0 Å². The third-order valence-electron chi connectivity index (χ3n) is 2.79. The second-order valence-electron chi connectivity index (χ2n) is 4.20. The lowest BCUT2D eigenvalue weighted by molar-refractivity contribution is -0.135. The molecule has 1 aromatic heterocycles. The fourth-order valence-corrected chi connectivity index (χ4v) is 2.58. The van der Waals surface area contributed by atoms with Gasteiger partial charge < -0.3 is 4.74 Å². The van der Waals surface area contributed by atoms with Crippen molar-refractivity contribution < 1.29 is 9.53 Å². The van der Waals surface area contributed by atoms with Gasteiger partial charge in [0.1, 0.15) is 0 Å². The van der Waals surface area contributed by atoms with Crippen LogP contribution in [0.2, 0.25) is 0 Å². The normalized spacial score (nSPS) is 9.62. The highest BCUT2D eigenvalue weighted by Gasteiger charge is 2.14. The zero-order chi connectivity index (χ0) is 15.2. The maximum absolute atomic E-state index is 11.8. The summed E-state index contributed by atoms with van der Waals surface area (Å²) >= 11 is 5.00. The minimum Gasteiger partial charge on any atom is -0.465 e. The third-order valence-corrected chi connectivity index (χ3v) is 4.02. The Labute approximate surface area is 136 Å². The van der Waals surface area contributed by atoms with Crippen molar-refractivity contribution in [3.63, 3.8) is 0 Å². The van der Waals surface area contributed by atoms with Crippen molar-refractivity contribution in [2.45, 2.75) is 0 Å². The summed E-state index contributed by atoms with van der Waals surface area (Å²) in [6, 6.07) is 9.61. The molecule has 0 radical (unpaired) electrons. The fraction of sp³-hybridized carbons (Fsp3) is 0.0588. The summed E-state index contributed by atoms with van der Waals surface area (Å²) in [5.74, 6) is -0.459. The van der Waals surface area contributed by atoms with Gasteiger partial charge >= 0.3 is 5.97 Å². The SMILES string of the molecule is C=C(C(=O)OC)C(=C=Cc1ccsc1)c1ccc(Br)cc1. The molecule has 0 spiro atoms. The molecular weight excluding hydrogens is 348 g/mol. The van der Waals surface area contributed by atoms with Gasteiger partial charge in [0.2, 0.25) is 0 Å². The van der Waals surface area contributed by atoms with E-state index < -0.39 is 5.97 Å². The largest absolute Gasteiger partial charge is 0.465 e. The minimum absolute atomic E-state index is 0.284. The summed E-state index contributed by atoms with van der Waals surface area (Å²) in [6.45, 7) is 3.82. The lowest BCUT2D eigenvalue weighted by Crippen LogP contribution is -2.05. The Bertz CT molecular complexity index is 706. The lowest BCUT2D eigenvalue weighted by atomic mass is 9.99. The number of carbonyl (C=O) groups is 1. The van der Waals surface area contributed by atoms with E-state index in [4.69, 9.17) is 4.74 Å². The summed E-state index contributed by atoms with van der Waals surface area (Å²) in [5, 5.41) is 4.00. The number of thiophene rings is 1. The monoisotopic (exact) mass is 360 g/mol. The molecule has 0 N–H and O–H groups in total. The van der Waals surface area contributed by atoms with Gasteiger partial charge in [-0.2, -0.15) is 11.3 Å². The third kappa shape index (κ3) is 4.05. The number of benzene rings is 1. The highest BCUT2D eigenvalue weighted by molar-refractivity contribution is 9.10. The van der Waals surface area contributed by atoms with Gasteiger partial charge in [0.25, 0.3) is 0 Å². The van der Waals surface area contributed by atoms with Crippen LogP contribution < -0.4 is 0 Å². The number of methoxy groups -OCH3 is 1. The van der Waals surface area contributed by atoms with Crippen molar-refractivity contribution in [3.05, 3.63) is 74.6 Å². The summed E-state index contributed by atoms with van der Waals surface area (Å²) in [4.78, 5) is 11.8. The first kappa shape index (κ1) is 15.5. The van der Waals surface area contributed by atoms with Crippen LogP contribution in [0.25, 0.3) is 11.6 Å². The topological polar surface area (TPSA) is 26.3 Å².